The SMILES string of the molecule is CCC1CCCCN1C(=O)c1ccnc(C(=O)Nc2cc(Cl)ccc2C)c1. The summed E-state index contributed by atoms with van der Waals surface area (Å²) in [5, 5.41) is 3.37. The number of anilines is 1. The van der Waals surface area contributed by atoms with Crippen molar-refractivity contribution in [2.45, 2.75) is 45.6 Å². The maximum absolute atomic E-state index is 12.9. The van der Waals surface area contributed by atoms with Gasteiger partial charge in [-0.25, -0.2) is 0 Å². The molecule has 1 aliphatic heterocycles. The van der Waals surface area contributed by atoms with Crippen molar-refractivity contribution in [3.8, 4) is 0 Å². The molecule has 1 atom stereocenters. The Morgan fingerprint density at radius 3 is 2.85 bits per heavy atom. The number of pyridine rings is 1. The third kappa shape index (κ3) is 4.48. The molecule has 3 rings (SSSR count). The summed E-state index contributed by atoms with van der Waals surface area (Å²) >= 11 is 6.01. The third-order valence-electron chi connectivity index (χ3n) is 5.05. The van der Waals surface area contributed by atoms with Crippen molar-refractivity contribution in [1.82, 2.24) is 9.88 Å². The van der Waals surface area contributed by atoms with Crippen LogP contribution in [0.3, 0.4) is 0 Å². The van der Waals surface area contributed by atoms with Gasteiger partial charge in [-0.2, -0.15) is 0 Å². The molecule has 1 aliphatic rings. The second kappa shape index (κ2) is 8.53. The van der Waals surface area contributed by atoms with Gasteiger partial charge in [-0.15, -0.1) is 0 Å². The average Bonchev–Trinajstić information content (AvgIpc) is 2.70. The van der Waals surface area contributed by atoms with Gasteiger partial charge in [0.25, 0.3) is 11.8 Å². The van der Waals surface area contributed by atoms with Gasteiger partial charge in [0, 0.05) is 35.1 Å². The van der Waals surface area contributed by atoms with E-state index in [0.717, 1.165) is 37.8 Å². The number of aromatic nitrogens is 1. The first kappa shape index (κ1) is 19.4. The van der Waals surface area contributed by atoms with Crippen molar-refractivity contribution in [2.75, 3.05) is 11.9 Å². The summed E-state index contributed by atoms with van der Waals surface area (Å²) in [5.74, 6) is -0.391. The van der Waals surface area contributed by atoms with Crippen LogP contribution in [-0.2, 0) is 0 Å². The van der Waals surface area contributed by atoms with Crippen LogP contribution in [0.4, 0.5) is 5.69 Å². The molecule has 2 heterocycles. The Morgan fingerprint density at radius 2 is 2.07 bits per heavy atom. The highest BCUT2D eigenvalue weighted by atomic mass is 35.5. The number of nitrogens with one attached hydrogen (secondary N) is 1. The first-order valence-electron chi connectivity index (χ1n) is 9.34. The van der Waals surface area contributed by atoms with Crippen molar-refractivity contribution >= 4 is 29.1 Å². The molecule has 0 bridgehead atoms. The van der Waals surface area contributed by atoms with Gasteiger partial charge in [0.05, 0.1) is 0 Å². The molecule has 2 amide bonds. The molecule has 27 heavy (non-hydrogen) atoms. The minimum absolute atomic E-state index is 0.0306. The van der Waals surface area contributed by atoms with E-state index in [1.807, 2.05) is 17.9 Å². The van der Waals surface area contributed by atoms with E-state index >= 15 is 0 Å². The van der Waals surface area contributed by atoms with Crippen molar-refractivity contribution < 1.29 is 9.59 Å². The number of aryl methyl sites for hydroxylation is 1. The van der Waals surface area contributed by atoms with Crippen LogP contribution in [0, 0.1) is 6.92 Å². The van der Waals surface area contributed by atoms with E-state index in [2.05, 4.69) is 17.2 Å². The predicted molar refractivity (Wildman–Crippen MR) is 107 cm³/mol. The highest BCUT2D eigenvalue weighted by Gasteiger charge is 2.26. The summed E-state index contributed by atoms with van der Waals surface area (Å²) in [4.78, 5) is 31.6. The average molecular weight is 386 g/mol. The quantitative estimate of drug-likeness (QED) is 0.829. The van der Waals surface area contributed by atoms with Crippen molar-refractivity contribution in [3.05, 3.63) is 58.4 Å². The van der Waals surface area contributed by atoms with E-state index in [-0.39, 0.29) is 23.6 Å². The summed E-state index contributed by atoms with van der Waals surface area (Å²) in [6.07, 6.45) is 5.67. The van der Waals surface area contributed by atoms with Gasteiger partial charge in [-0.1, -0.05) is 24.6 Å². The van der Waals surface area contributed by atoms with Crippen LogP contribution in [0.25, 0.3) is 0 Å². The zero-order valence-electron chi connectivity index (χ0n) is 15.7. The number of benzene rings is 1. The minimum Gasteiger partial charge on any atom is -0.336 e. The lowest BCUT2D eigenvalue weighted by atomic mass is 9.99. The van der Waals surface area contributed by atoms with Gasteiger partial charge < -0.3 is 10.2 Å². The molecule has 1 aromatic carbocycles. The van der Waals surface area contributed by atoms with Gasteiger partial charge in [0.15, 0.2) is 0 Å². The molecule has 0 saturated carbocycles. The number of carbonyl (C=O) groups is 2. The Balaban J connectivity index is 1.79. The first-order valence-corrected chi connectivity index (χ1v) is 9.72. The number of carbonyl (C=O) groups excluding carboxylic acids is 2. The Morgan fingerprint density at radius 1 is 1.26 bits per heavy atom. The summed E-state index contributed by atoms with van der Waals surface area (Å²) in [6, 6.07) is 8.82. The topological polar surface area (TPSA) is 62.3 Å². The van der Waals surface area contributed by atoms with Gasteiger partial charge >= 0.3 is 0 Å². The van der Waals surface area contributed by atoms with Crippen LogP contribution in [0.2, 0.25) is 5.02 Å². The Kier molecular flexibility index (Phi) is 6.11. The Labute approximate surface area is 164 Å². The first-order chi connectivity index (χ1) is 13.0. The molecule has 1 N–H and O–H groups in total. The molecule has 0 aliphatic carbocycles. The molecule has 1 unspecified atom stereocenters. The normalized spacial score (nSPS) is 16.9. The standard InChI is InChI=1S/C21H24ClN3O2/c1-3-17-6-4-5-11-25(17)21(27)15-9-10-23-19(12-15)20(26)24-18-13-16(22)8-7-14(18)2/h7-10,12-13,17H,3-6,11H2,1-2H3,(H,24,26). The summed E-state index contributed by atoms with van der Waals surface area (Å²) in [7, 11) is 0. The number of piperidine rings is 1. The molecule has 6 heteroatoms. The third-order valence-corrected chi connectivity index (χ3v) is 5.28. The maximum atomic E-state index is 12.9. The molecular formula is C21H24ClN3O2. The number of amides is 2. The van der Waals surface area contributed by atoms with Gasteiger partial charge in [-0.05, 0) is 62.4 Å². The highest BCUT2D eigenvalue weighted by molar-refractivity contribution is 6.31. The van der Waals surface area contributed by atoms with Crippen molar-refractivity contribution in [2.24, 2.45) is 0 Å². The molecule has 2 aromatic rings. The van der Waals surface area contributed by atoms with E-state index in [4.69, 9.17) is 11.6 Å². The second-order valence-corrected chi connectivity index (χ2v) is 7.34. The highest BCUT2D eigenvalue weighted by Crippen LogP contribution is 2.23. The number of nitrogens with zero attached hydrogens (tertiary/aromatic N) is 2. The second-order valence-electron chi connectivity index (χ2n) is 6.90. The minimum atomic E-state index is -0.360. The predicted octanol–water partition coefficient (Wildman–Crippen LogP) is 4.70. The summed E-state index contributed by atoms with van der Waals surface area (Å²) in [5.41, 5.74) is 2.25. The van der Waals surface area contributed by atoms with Crippen molar-refractivity contribution in [1.29, 1.82) is 0 Å². The number of rotatable bonds is 4. The van der Waals surface area contributed by atoms with Crippen molar-refractivity contribution in [3.63, 3.8) is 0 Å². The van der Waals surface area contributed by atoms with Crippen LogP contribution in [0.15, 0.2) is 36.5 Å². The largest absolute Gasteiger partial charge is 0.336 e. The van der Waals surface area contributed by atoms with E-state index in [9.17, 15) is 9.59 Å². The molecule has 0 radical (unpaired) electrons. The molecule has 1 saturated heterocycles. The number of hydrogen-bond acceptors (Lipinski definition) is 3. The molecular weight excluding hydrogens is 362 g/mol. The lowest BCUT2D eigenvalue weighted by molar-refractivity contribution is 0.0608. The van der Waals surface area contributed by atoms with Crippen LogP contribution in [0.5, 0.6) is 0 Å². The fourth-order valence-electron chi connectivity index (χ4n) is 3.46. The Bertz CT molecular complexity index is 853. The van der Waals surface area contributed by atoms with E-state index in [1.165, 1.54) is 6.20 Å². The molecule has 1 aromatic heterocycles. The van der Waals surface area contributed by atoms with E-state index in [0.29, 0.717) is 16.3 Å². The number of halogens is 1. The molecule has 1 fully saturated rings. The van der Waals surface area contributed by atoms with E-state index in [1.54, 1.807) is 24.3 Å². The molecule has 5 nitrogen and oxygen atoms in total. The summed E-state index contributed by atoms with van der Waals surface area (Å²) in [6.45, 7) is 4.76. The maximum Gasteiger partial charge on any atom is 0.274 e. The lowest BCUT2D eigenvalue weighted by Gasteiger charge is -2.35. The number of likely N-dealkylation sites (tertiary alicyclic amines) is 1. The molecule has 0 spiro atoms. The fourth-order valence-corrected chi connectivity index (χ4v) is 3.63. The van der Waals surface area contributed by atoms with Crippen LogP contribution in [-0.4, -0.2) is 34.3 Å². The zero-order chi connectivity index (χ0) is 19.4. The van der Waals surface area contributed by atoms with Crippen LogP contribution in [0.1, 0.15) is 59.0 Å². The molecule has 142 valence electrons. The van der Waals surface area contributed by atoms with Crippen LogP contribution >= 0.6 is 11.6 Å². The van der Waals surface area contributed by atoms with Gasteiger partial charge in [0.2, 0.25) is 0 Å². The smallest absolute Gasteiger partial charge is 0.274 e. The number of hydrogen-bond donors (Lipinski definition) is 1. The van der Waals surface area contributed by atoms with Gasteiger partial charge in [-0.3, -0.25) is 14.6 Å². The fraction of sp³-hybridized carbons (Fsp3) is 0.381. The van der Waals surface area contributed by atoms with E-state index < -0.39 is 0 Å². The lowest BCUT2D eigenvalue weighted by Crippen LogP contribution is -2.43. The monoisotopic (exact) mass is 385 g/mol. The van der Waals surface area contributed by atoms with Gasteiger partial charge in [0.1, 0.15) is 5.69 Å². The summed E-state index contributed by atoms with van der Waals surface area (Å²) < 4.78 is 0. The Hall–Kier alpha value is -2.40. The zero-order valence-corrected chi connectivity index (χ0v) is 16.4. The van der Waals surface area contributed by atoms with Crippen LogP contribution < -0.4 is 5.32 Å².